The molecule has 0 bridgehead atoms. The molecule has 2 aromatic carbocycles. The fourth-order valence-corrected chi connectivity index (χ4v) is 4.56. The van der Waals surface area contributed by atoms with Crippen LogP contribution in [0.5, 0.6) is 0 Å². The van der Waals surface area contributed by atoms with Crippen LogP contribution in [0.4, 0.5) is 0 Å². The van der Waals surface area contributed by atoms with Crippen LogP contribution in [0.15, 0.2) is 66.3 Å². The van der Waals surface area contributed by atoms with Crippen molar-refractivity contribution < 1.29 is 13.2 Å². The Morgan fingerprint density at radius 2 is 1.70 bits per heavy atom. The molecule has 0 heterocycles. The Morgan fingerprint density at radius 3 is 2.33 bits per heavy atom. The van der Waals surface area contributed by atoms with E-state index >= 15 is 0 Å². The van der Waals surface area contributed by atoms with E-state index in [-0.39, 0.29) is 10.6 Å². The van der Waals surface area contributed by atoms with Crippen LogP contribution < -0.4 is 0 Å². The summed E-state index contributed by atoms with van der Waals surface area (Å²) in [7, 11) is -3.09. The Hall–Kier alpha value is -1.88. The van der Waals surface area contributed by atoms with Gasteiger partial charge in [0.25, 0.3) is 0 Å². The predicted molar refractivity (Wildman–Crippen MR) is 111 cm³/mol. The fourth-order valence-electron chi connectivity index (χ4n) is 3.30. The standard InChI is InChI=1S/C21H18Cl2O3S/c1-21(2)12-14(10-17(21)13-6-4-3-5-7-13)19(24)20(27(25)26)16-11-15(22)8-9-18(16)23/h3-12,20,27H,1-2H3. The van der Waals surface area contributed by atoms with Crippen molar-refractivity contribution in [3.05, 3.63) is 87.4 Å². The minimum absolute atomic E-state index is 0.196. The van der Waals surface area contributed by atoms with E-state index < -0.39 is 27.2 Å². The zero-order valence-corrected chi connectivity index (χ0v) is 17.2. The van der Waals surface area contributed by atoms with Gasteiger partial charge in [-0.3, -0.25) is 4.79 Å². The number of allylic oxidation sites excluding steroid dienone is 4. The molecule has 0 N–H and O–H groups in total. The summed E-state index contributed by atoms with van der Waals surface area (Å²) in [6.07, 6.45) is 3.57. The van der Waals surface area contributed by atoms with E-state index in [1.165, 1.54) is 12.1 Å². The van der Waals surface area contributed by atoms with Crippen LogP contribution in [0, 0.1) is 5.41 Å². The Labute approximate surface area is 170 Å². The minimum atomic E-state index is -3.09. The predicted octanol–water partition coefficient (Wildman–Crippen LogP) is 5.26. The molecule has 1 atom stereocenters. The number of rotatable bonds is 5. The van der Waals surface area contributed by atoms with Gasteiger partial charge in [-0.05, 0) is 41.0 Å². The third-order valence-corrected chi connectivity index (χ3v) is 6.11. The second kappa shape index (κ2) is 7.63. The van der Waals surface area contributed by atoms with Crippen molar-refractivity contribution in [3.63, 3.8) is 0 Å². The van der Waals surface area contributed by atoms with Crippen LogP contribution in [0.25, 0.3) is 5.57 Å². The highest BCUT2D eigenvalue weighted by Gasteiger charge is 2.35. The maximum atomic E-state index is 13.1. The van der Waals surface area contributed by atoms with Gasteiger partial charge in [0.15, 0.2) is 16.5 Å². The number of carbonyl (C=O) groups is 1. The molecular formula is C21H18Cl2O3S. The summed E-state index contributed by atoms with van der Waals surface area (Å²) in [6, 6.07) is 14.2. The lowest BCUT2D eigenvalue weighted by molar-refractivity contribution is -0.115. The van der Waals surface area contributed by atoms with E-state index in [2.05, 4.69) is 0 Å². The molecule has 0 aromatic heterocycles. The molecule has 27 heavy (non-hydrogen) atoms. The SMILES string of the molecule is CC1(C)C=C(C(=O)C(c2cc(Cl)ccc2Cl)[SH](=O)=O)C=C1c1ccccc1. The first-order valence-corrected chi connectivity index (χ1v) is 10.3. The van der Waals surface area contributed by atoms with Crippen LogP contribution in [0.1, 0.15) is 30.2 Å². The Kier molecular flexibility index (Phi) is 5.61. The number of carbonyl (C=O) groups excluding carboxylic acids is 1. The van der Waals surface area contributed by atoms with Crippen molar-refractivity contribution >= 4 is 45.3 Å². The highest BCUT2D eigenvalue weighted by molar-refractivity contribution is 7.73. The van der Waals surface area contributed by atoms with Crippen LogP contribution in [0.2, 0.25) is 10.0 Å². The summed E-state index contributed by atoms with van der Waals surface area (Å²) < 4.78 is 23.9. The summed E-state index contributed by atoms with van der Waals surface area (Å²) in [5.74, 6) is -0.505. The van der Waals surface area contributed by atoms with Crippen molar-refractivity contribution in [1.82, 2.24) is 0 Å². The normalized spacial score (nSPS) is 16.8. The molecule has 1 unspecified atom stereocenters. The summed E-state index contributed by atoms with van der Waals surface area (Å²) >= 11 is 12.1. The van der Waals surface area contributed by atoms with Gasteiger partial charge in [-0.2, -0.15) is 0 Å². The fraction of sp³-hybridized carbons (Fsp3) is 0.190. The Bertz CT molecular complexity index is 1030. The van der Waals surface area contributed by atoms with Gasteiger partial charge in [-0.15, -0.1) is 0 Å². The van der Waals surface area contributed by atoms with Crippen molar-refractivity contribution in [1.29, 1.82) is 0 Å². The van der Waals surface area contributed by atoms with Crippen LogP contribution in [0.3, 0.4) is 0 Å². The maximum Gasteiger partial charge on any atom is 0.184 e. The molecule has 0 amide bonds. The smallest absolute Gasteiger partial charge is 0.184 e. The number of thiol groups is 1. The monoisotopic (exact) mass is 420 g/mol. The second-order valence-electron chi connectivity index (χ2n) is 6.96. The zero-order valence-electron chi connectivity index (χ0n) is 14.8. The molecule has 0 fully saturated rings. The van der Waals surface area contributed by atoms with Gasteiger partial charge < -0.3 is 0 Å². The van der Waals surface area contributed by atoms with Crippen molar-refractivity contribution in [3.8, 4) is 0 Å². The molecule has 0 saturated heterocycles. The van der Waals surface area contributed by atoms with Gasteiger partial charge >= 0.3 is 0 Å². The molecule has 0 aliphatic heterocycles. The lowest BCUT2D eigenvalue weighted by Crippen LogP contribution is -2.16. The van der Waals surface area contributed by atoms with E-state index in [9.17, 15) is 13.2 Å². The molecular weight excluding hydrogens is 403 g/mol. The van der Waals surface area contributed by atoms with Gasteiger partial charge in [0.2, 0.25) is 0 Å². The number of halogens is 2. The van der Waals surface area contributed by atoms with Crippen molar-refractivity contribution in [2.24, 2.45) is 5.41 Å². The molecule has 1 aliphatic carbocycles. The molecule has 3 nitrogen and oxygen atoms in total. The highest BCUT2D eigenvalue weighted by Crippen LogP contribution is 2.44. The van der Waals surface area contributed by atoms with E-state index in [0.717, 1.165) is 11.1 Å². The number of benzene rings is 2. The quantitative estimate of drug-likeness (QED) is 0.670. The molecule has 0 saturated carbocycles. The van der Waals surface area contributed by atoms with Gasteiger partial charge in [0.05, 0.1) is 0 Å². The number of hydrogen-bond acceptors (Lipinski definition) is 3. The van der Waals surface area contributed by atoms with E-state index in [4.69, 9.17) is 23.2 Å². The van der Waals surface area contributed by atoms with Gasteiger partial charge in [-0.25, -0.2) is 8.42 Å². The first-order chi connectivity index (χ1) is 12.7. The number of ketones is 1. The van der Waals surface area contributed by atoms with E-state index in [0.29, 0.717) is 10.6 Å². The van der Waals surface area contributed by atoms with Crippen molar-refractivity contribution in [2.45, 2.75) is 19.1 Å². The molecule has 2 aromatic rings. The van der Waals surface area contributed by atoms with E-state index in [1.807, 2.05) is 50.3 Å². The minimum Gasteiger partial charge on any atom is -0.292 e. The Morgan fingerprint density at radius 1 is 1.04 bits per heavy atom. The zero-order chi connectivity index (χ0) is 19.8. The first-order valence-electron chi connectivity index (χ1n) is 8.34. The largest absolute Gasteiger partial charge is 0.292 e. The third kappa shape index (κ3) is 4.03. The van der Waals surface area contributed by atoms with Gasteiger partial charge in [0, 0.05) is 21.0 Å². The molecule has 0 radical (unpaired) electrons. The number of Topliss-reactive ketones (excluding diaryl/α,β-unsaturated/α-hetero) is 1. The average Bonchev–Trinajstić information content (AvgIpc) is 2.94. The van der Waals surface area contributed by atoms with Crippen molar-refractivity contribution in [2.75, 3.05) is 0 Å². The molecule has 0 spiro atoms. The van der Waals surface area contributed by atoms with Crippen LogP contribution >= 0.6 is 23.2 Å². The maximum absolute atomic E-state index is 13.1. The van der Waals surface area contributed by atoms with Crippen LogP contribution in [-0.2, 0) is 15.5 Å². The molecule has 6 heteroatoms. The highest BCUT2D eigenvalue weighted by atomic mass is 35.5. The molecule has 1 aliphatic rings. The third-order valence-electron chi connectivity index (χ3n) is 4.59. The average molecular weight is 421 g/mol. The summed E-state index contributed by atoms with van der Waals surface area (Å²) in [6.45, 7) is 3.98. The molecule has 3 rings (SSSR count). The van der Waals surface area contributed by atoms with Gasteiger partial charge in [-0.1, -0.05) is 73.5 Å². The summed E-state index contributed by atoms with van der Waals surface area (Å²) in [5, 5.41) is -0.855. The molecule has 140 valence electrons. The Balaban J connectivity index is 2.05. The topological polar surface area (TPSA) is 51.2 Å². The second-order valence-corrected chi connectivity index (χ2v) is 8.89. The first kappa shape index (κ1) is 19.9. The van der Waals surface area contributed by atoms with Crippen LogP contribution in [-0.4, -0.2) is 14.2 Å². The van der Waals surface area contributed by atoms with Gasteiger partial charge in [0.1, 0.15) is 5.25 Å². The number of hydrogen-bond donors (Lipinski definition) is 1. The lowest BCUT2D eigenvalue weighted by atomic mass is 9.83. The summed E-state index contributed by atoms with van der Waals surface area (Å²) in [4.78, 5) is 13.1. The van der Waals surface area contributed by atoms with E-state index in [1.54, 1.807) is 12.1 Å². The summed E-state index contributed by atoms with van der Waals surface area (Å²) in [5.41, 5.74) is 2.11. The lowest BCUT2D eigenvalue weighted by Gasteiger charge is -2.20.